The monoisotopic (exact) mass is 249 g/mol. The second-order valence-corrected chi connectivity index (χ2v) is 6.27. The van der Waals surface area contributed by atoms with Crippen LogP contribution in [0.25, 0.3) is 0 Å². The van der Waals surface area contributed by atoms with E-state index in [0.29, 0.717) is 6.61 Å². The number of ether oxygens (including phenoxy) is 1. The van der Waals surface area contributed by atoms with Crippen LogP contribution in [0.3, 0.4) is 0 Å². The highest BCUT2D eigenvalue weighted by Gasteiger charge is 2.35. The molecule has 1 N–H and O–H groups in total. The van der Waals surface area contributed by atoms with Crippen LogP contribution in [0.4, 0.5) is 0 Å². The van der Waals surface area contributed by atoms with E-state index in [4.69, 9.17) is 4.74 Å². The number of carbonyl (C=O) groups is 1. The Bertz CT molecular complexity index is 204. The van der Waals surface area contributed by atoms with Crippen LogP contribution >= 0.6 is 15.9 Å². The average molecular weight is 250 g/mol. The summed E-state index contributed by atoms with van der Waals surface area (Å²) >= 11 is 3.32. The molecule has 3 nitrogen and oxygen atoms in total. The van der Waals surface area contributed by atoms with E-state index in [1.807, 2.05) is 20.8 Å². The van der Waals surface area contributed by atoms with Gasteiger partial charge in [-0.25, -0.2) is 0 Å². The predicted octanol–water partition coefficient (Wildman–Crippen LogP) is 1.46. The lowest BCUT2D eigenvalue weighted by Crippen LogP contribution is -2.51. The minimum absolute atomic E-state index is 0.0144. The Kier molecular flexibility index (Phi) is 3.02. The van der Waals surface area contributed by atoms with Crippen molar-refractivity contribution < 1.29 is 9.53 Å². The number of halogens is 1. The topological polar surface area (TPSA) is 38.3 Å². The minimum Gasteiger partial charge on any atom is -0.379 e. The Morgan fingerprint density at radius 2 is 2.23 bits per heavy atom. The Morgan fingerprint density at radius 1 is 1.62 bits per heavy atom. The molecule has 0 aromatic heterocycles. The third kappa shape index (κ3) is 2.95. The molecule has 0 aromatic carbocycles. The predicted molar refractivity (Wildman–Crippen MR) is 55.0 cm³/mol. The molecule has 0 aromatic rings. The molecule has 0 saturated carbocycles. The molecule has 0 spiro atoms. The van der Waals surface area contributed by atoms with Gasteiger partial charge in [-0.15, -0.1) is 0 Å². The lowest BCUT2D eigenvalue weighted by Gasteiger charge is -2.27. The Morgan fingerprint density at radius 3 is 2.62 bits per heavy atom. The Hall–Kier alpha value is -0.0900. The maximum Gasteiger partial charge on any atom is 0.236 e. The molecule has 76 valence electrons. The quantitative estimate of drug-likeness (QED) is 0.753. The second kappa shape index (κ2) is 3.58. The molecule has 1 aliphatic heterocycles. The van der Waals surface area contributed by atoms with Crippen molar-refractivity contribution in [2.75, 3.05) is 13.2 Å². The summed E-state index contributed by atoms with van der Waals surface area (Å²) in [6.07, 6.45) is 0.891. The molecule has 1 atom stereocenters. The number of alkyl halides is 1. The molecule has 1 aliphatic rings. The number of carbonyl (C=O) groups excluding carboxylic acids is 1. The summed E-state index contributed by atoms with van der Waals surface area (Å²) in [5.41, 5.74) is -0.178. The van der Waals surface area contributed by atoms with Crippen molar-refractivity contribution >= 4 is 21.8 Å². The Balaban J connectivity index is 2.53. The molecule has 4 heteroatoms. The molecule has 0 bridgehead atoms. The number of nitrogens with one attached hydrogen (secondary N) is 1. The van der Waals surface area contributed by atoms with Crippen LogP contribution < -0.4 is 5.32 Å². The van der Waals surface area contributed by atoms with E-state index in [-0.39, 0.29) is 11.4 Å². The molecule has 1 amide bonds. The second-order valence-electron chi connectivity index (χ2n) is 4.29. The molecule has 1 rings (SSSR count). The van der Waals surface area contributed by atoms with Crippen LogP contribution in [-0.4, -0.2) is 29.0 Å². The molecule has 1 heterocycles. The van der Waals surface area contributed by atoms with E-state index in [1.54, 1.807) is 0 Å². The van der Waals surface area contributed by atoms with Crippen molar-refractivity contribution in [3.8, 4) is 0 Å². The average Bonchev–Trinajstić information content (AvgIpc) is 2.33. The van der Waals surface area contributed by atoms with Gasteiger partial charge in [0.2, 0.25) is 5.91 Å². The first-order valence-corrected chi connectivity index (χ1v) is 5.22. The highest BCUT2D eigenvalue weighted by molar-refractivity contribution is 9.10. The fraction of sp³-hybridized carbons (Fsp3) is 0.889. The first-order valence-electron chi connectivity index (χ1n) is 4.43. The Labute approximate surface area is 87.3 Å². The third-order valence-corrected chi connectivity index (χ3v) is 2.53. The maximum absolute atomic E-state index is 11.6. The minimum atomic E-state index is -0.501. The van der Waals surface area contributed by atoms with Gasteiger partial charge in [-0.2, -0.15) is 0 Å². The van der Waals surface area contributed by atoms with Gasteiger partial charge in [0.15, 0.2) is 0 Å². The first-order chi connectivity index (χ1) is 5.83. The van der Waals surface area contributed by atoms with E-state index < -0.39 is 4.32 Å². The summed E-state index contributed by atoms with van der Waals surface area (Å²) in [6.45, 7) is 7.03. The molecule has 1 fully saturated rings. The van der Waals surface area contributed by atoms with Crippen LogP contribution in [0.1, 0.15) is 27.2 Å². The molecule has 1 unspecified atom stereocenters. The standard InChI is InChI=1S/C9H16BrNO2/c1-8(2,10)7(12)11-9(3)4-5-13-6-9/h4-6H2,1-3H3,(H,11,12). The molecule has 0 radical (unpaired) electrons. The van der Waals surface area contributed by atoms with Crippen molar-refractivity contribution in [3.63, 3.8) is 0 Å². The summed E-state index contributed by atoms with van der Waals surface area (Å²) in [5, 5.41) is 2.98. The number of amides is 1. The van der Waals surface area contributed by atoms with E-state index in [2.05, 4.69) is 21.2 Å². The summed E-state index contributed by atoms with van der Waals surface area (Å²) in [5.74, 6) is 0.0144. The normalized spacial score (nSPS) is 28.9. The molecule has 1 saturated heterocycles. The van der Waals surface area contributed by atoms with Crippen molar-refractivity contribution in [2.45, 2.75) is 37.1 Å². The summed E-state index contributed by atoms with van der Waals surface area (Å²) < 4.78 is 4.74. The first kappa shape index (κ1) is 11.0. The summed E-state index contributed by atoms with van der Waals surface area (Å²) in [6, 6.07) is 0. The summed E-state index contributed by atoms with van der Waals surface area (Å²) in [7, 11) is 0. The SMILES string of the molecule is CC1(NC(=O)C(C)(C)Br)CCOC1. The number of rotatable bonds is 2. The van der Waals surface area contributed by atoms with Crippen molar-refractivity contribution in [1.29, 1.82) is 0 Å². The lowest BCUT2D eigenvalue weighted by atomic mass is 10.0. The van der Waals surface area contributed by atoms with Crippen LogP contribution in [0.2, 0.25) is 0 Å². The smallest absolute Gasteiger partial charge is 0.236 e. The van der Waals surface area contributed by atoms with Gasteiger partial charge >= 0.3 is 0 Å². The van der Waals surface area contributed by atoms with Crippen LogP contribution in [0, 0.1) is 0 Å². The van der Waals surface area contributed by atoms with Gasteiger partial charge in [0.25, 0.3) is 0 Å². The third-order valence-electron chi connectivity index (χ3n) is 2.17. The van der Waals surface area contributed by atoms with Gasteiger partial charge in [-0.1, -0.05) is 15.9 Å². The molecular weight excluding hydrogens is 234 g/mol. The summed E-state index contributed by atoms with van der Waals surface area (Å²) in [4.78, 5) is 11.6. The lowest BCUT2D eigenvalue weighted by molar-refractivity contribution is -0.124. The van der Waals surface area contributed by atoms with Crippen molar-refractivity contribution in [3.05, 3.63) is 0 Å². The largest absolute Gasteiger partial charge is 0.379 e. The van der Waals surface area contributed by atoms with E-state index in [1.165, 1.54) is 0 Å². The zero-order valence-corrected chi connectivity index (χ0v) is 9.90. The van der Waals surface area contributed by atoms with Gasteiger partial charge < -0.3 is 10.1 Å². The zero-order chi connectivity index (χ0) is 10.1. The highest BCUT2D eigenvalue weighted by atomic mass is 79.9. The van der Waals surface area contributed by atoms with Crippen LogP contribution in [-0.2, 0) is 9.53 Å². The van der Waals surface area contributed by atoms with Gasteiger partial charge in [0.05, 0.1) is 16.5 Å². The number of hydrogen-bond donors (Lipinski definition) is 1. The maximum atomic E-state index is 11.6. The van der Waals surface area contributed by atoms with Crippen LogP contribution in [0.5, 0.6) is 0 Å². The molecular formula is C9H16BrNO2. The van der Waals surface area contributed by atoms with Gasteiger partial charge in [-0.3, -0.25) is 4.79 Å². The van der Waals surface area contributed by atoms with Gasteiger partial charge in [-0.05, 0) is 27.2 Å². The van der Waals surface area contributed by atoms with Gasteiger partial charge in [0, 0.05) is 6.61 Å². The fourth-order valence-corrected chi connectivity index (χ4v) is 1.29. The highest BCUT2D eigenvalue weighted by Crippen LogP contribution is 2.21. The van der Waals surface area contributed by atoms with Crippen molar-refractivity contribution in [1.82, 2.24) is 5.32 Å². The van der Waals surface area contributed by atoms with Crippen LogP contribution in [0.15, 0.2) is 0 Å². The molecule has 0 aliphatic carbocycles. The van der Waals surface area contributed by atoms with Crippen molar-refractivity contribution in [2.24, 2.45) is 0 Å². The van der Waals surface area contributed by atoms with E-state index in [9.17, 15) is 4.79 Å². The number of hydrogen-bond acceptors (Lipinski definition) is 2. The fourth-order valence-electron chi connectivity index (χ4n) is 1.19. The van der Waals surface area contributed by atoms with E-state index >= 15 is 0 Å². The molecule has 13 heavy (non-hydrogen) atoms. The van der Waals surface area contributed by atoms with E-state index in [0.717, 1.165) is 13.0 Å². The zero-order valence-electron chi connectivity index (χ0n) is 8.32. The van der Waals surface area contributed by atoms with Gasteiger partial charge in [0.1, 0.15) is 0 Å².